The molecule has 0 aliphatic carbocycles. The third-order valence-corrected chi connectivity index (χ3v) is 8.38. The quantitative estimate of drug-likeness (QED) is 0.359. The monoisotopic (exact) mass is 562 g/mol. The van der Waals surface area contributed by atoms with Gasteiger partial charge in [-0.3, -0.25) is 9.52 Å². The molecule has 0 fully saturated rings. The number of hydrogen-bond acceptors (Lipinski definition) is 11. The zero-order valence-electron chi connectivity index (χ0n) is 21.0. The number of carbonyl (C=O) groups is 1. The number of nitrogens with zero attached hydrogens (tertiary/aromatic N) is 7. The maximum Gasteiger partial charge on any atom is 0.261 e. The molecule has 1 aliphatic rings. The van der Waals surface area contributed by atoms with Crippen molar-refractivity contribution in [2.24, 2.45) is 0 Å². The number of anilines is 1. The minimum Gasteiger partial charge on any atom is -0.480 e. The van der Waals surface area contributed by atoms with Gasteiger partial charge in [0.05, 0.1) is 45.1 Å². The average Bonchev–Trinajstić information content (AvgIpc) is 3.46. The summed E-state index contributed by atoms with van der Waals surface area (Å²) in [6.45, 7) is 7.96. The maximum atomic E-state index is 13.6. The number of fused-ring (bicyclic) bond motifs is 3. The highest BCUT2D eigenvalue weighted by atomic mass is 32.2. The van der Waals surface area contributed by atoms with Crippen molar-refractivity contribution in [1.29, 1.82) is 0 Å². The van der Waals surface area contributed by atoms with Gasteiger partial charge in [-0.05, 0) is 27.2 Å². The molecule has 0 saturated heterocycles. The molecule has 4 aromatic heterocycles. The van der Waals surface area contributed by atoms with E-state index >= 15 is 0 Å². The molecule has 12 nitrogen and oxygen atoms in total. The summed E-state index contributed by atoms with van der Waals surface area (Å²) in [7, 11) is -3.52. The van der Waals surface area contributed by atoms with Crippen LogP contribution in [0.1, 0.15) is 50.6 Å². The zero-order chi connectivity index (χ0) is 26.5. The fourth-order valence-corrected chi connectivity index (χ4v) is 6.66. The molecule has 196 valence electrons. The molecule has 1 amide bonds. The Hall–Kier alpha value is -3.17. The Kier molecular flexibility index (Phi) is 6.62. The molecule has 0 radical (unpaired) electrons. The van der Waals surface area contributed by atoms with Crippen molar-refractivity contribution < 1.29 is 17.9 Å². The minimum absolute atomic E-state index is 0.0407. The highest BCUT2D eigenvalue weighted by Gasteiger charge is 2.38. The molecule has 0 aromatic carbocycles. The Morgan fingerprint density at radius 2 is 1.97 bits per heavy atom. The van der Waals surface area contributed by atoms with Crippen molar-refractivity contribution in [2.75, 3.05) is 24.1 Å². The predicted molar refractivity (Wildman–Crippen MR) is 140 cm³/mol. The van der Waals surface area contributed by atoms with Gasteiger partial charge < -0.3 is 9.64 Å². The van der Waals surface area contributed by atoms with E-state index in [0.29, 0.717) is 30.8 Å². The number of aryl methyl sites for hydroxylation is 4. The van der Waals surface area contributed by atoms with Gasteiger partial charge in [0.1, 0.15) is 11.0 Å². The van der Waals surface area contributed by atoms with Crippen LogP contribution >= 0.6 is 22.7 Å². The fraction of sp³-hybridized carbons (Fsp3) is 0.455. The molecular weight excluding hydrogens is 536 g/mol. The number of sulfonamides is 1. The zero-order valence-corrected chi connectivity index (χ0v) is 23.4. The molecule has 15 heteroatoms. The number of hydrogen-bond donors (Lipinski definition) is 1. The smallest absolute Gasteiger partial charge is 0.261 e. The molecule has 5 rings (SSSR count). The molecule has 0 spiro atoms. The molecule has 37 heavy (non-hydrogen) atoms. The summed E-state index contributed by atoms with van der Waals surface area (Å²) in [5.41, 5.74) is 3.20. The van der Waals surface area contributed by atoms with Crippen LogP contribution < -0.4 is 9.46 Å². The lowest BCUT2D eigenvalue weighted by Gasteiger charge is -2.34. The second-order valence-electron chi connectivity index (χ2n) is 8.70. The van der Waals surface area contributed by atoms with Crippen molar-refractivity contribution >= 4 is 49.5 Å². The molecule has 1 aliphatic heterocycles. The van der Waals surface area contributed by atoms with E-state index < -0.39 is 10.0 Å². The lowest BCUT2D eigenvalue weighted by molar-refractivity contribution is -0.135. The highest BCUT2D eigenvalue weighted by Crippen LogP contribution is 2.40. The van der Waals surface area contributed by atoms with E-state index in [0.717, 1.165) is 43.2 Å². The number of amides is 1. The van der Waals surface area contributed by atoms with Crippen molar-refractivity contribution in [1.82, 2.24) is 34.4 Å². The molecular formula is C22H26N8O4S3. The molecule has 0 bridgehead atoms. The second-order valence-corrected chi connectivity index (χ2v) is 12.8. The van der Waals surface area contributed by atoms with E-state index in [1.54, 1.807) is 16.2 Å². The standard InChI is InChI=1S/C22H26N8O4S3/c1-6-14-16(9-23-21(25-14)28-37(5,32)33)34-10-17(31)29-8-7-15-18(30-22(26-15)36-13(4)27-30)19(29)20-11(2)24-12(3)35-20/h9,19H,6-8,10H2,1-5H3,(H,23,25,28). The van der Waals surface area contributed by atoms with Crippen LogP contribution in [0.15, 0.2) is 6.20 Å². The molecule has 0 saturated carbocycles. The third kappa shape index (κ3) is 5.02. The van der Waals surface area contributed by atoms with Gasteiger partial charge in [0.2, 0.25) is 20.9 Å². The summed E-state index contributed by atoms with van der Waals surface area (Å²) in [6.07, 6.45) is 3.49. The van der Waals surface area contributed by atoms with Crippen LogP contribution in [0.4, 0.5) is 5.95 Å². The lowest BCUT2D eigenvalue weighted by Crippen LogP contribution is -2.43. The minimum atomic E-state index is -3.52. The van der Waals surface area contributed by atoms with Crippen molar-refractivity contribution in [2.45, 2.75) is 46.6 Å². The van der Waals surface area contributed by atoms with Gasteiger partial charge in [-0.1, -0.05) is 18.3 Å². The first-order valence-corrected chi connectivity index (χ1v) is 15.1. The Morgan fingerprint density at radius 3 is 2.65 bits per heavy atom. The first-order valence-electron chi connectivity index (χ1n) is 11.6. The van der Waals surface area contributed by atoms with Crippen LogP contribution in [0.2, 0.25) is 0 Å². The summed E-state index contributed by atoms with van der Waals surface area (Å²) in [6, 6.07) is -0.384. The topological polar surface area (TPSA) is 145 Å². The van der Waals surface area contributed by atoms with Gasteiger partial charge in [-0.2, -0.15) is 5.10 Å². The molecule has 1 N–H and O–H groups in total. The van der Waals surface area contributed by atoms with Crippen LogP contribution in [-0.4, -0.2) is 68.2 Å². The first kappa shape index (κ1) is 25.5. The predicted octanol–water partition coefficient (Wildman–Crippen LogP) is 2.45. The van der Waals surface area contributed by atoms with E-state index in [4.69, 9.17) is 9.72 Å². The van der Waals surface area contributed by atoms with Crippen LogP contribution in [-0.2, 0) is 27.7 Å². The maximum absolute atomic E-state index is 13.6. The first-order chi connectivity index (χ1) is 17.5. The third-order valence-electron chi connectivity index (χ3n) is 5.88. The largest absolute Gasteiger partial charge is 0.480 e. The Bertz CT molecular complexity index is 1610. The average molecular weight is 563 g/mol. The van der Waals surface area contributed by atoms with Crippen molar-refractivity contribution in [3.63, 3.8) is 0 Å². The van der Waals surface area contributed by atoms with Gasteiger partial charge in [0, 0.05) is 13.0 Å². The van der Waals surface area contributed by atoms with E-state index in [2.05, 4.69) is 24.8 Å². The number of ether oxygens (including phenoxy) is 1. The van der Waals surface area contributed by atoms with Gasteiger partial charge in [-0.15, -0.1) is 11.3 Å². The Balaban J connectivity index is 1.45. The molecule has 1 unspecified atom stereocenters. The summed E-state index contributed by atoms with van der Waals surface area (Å²) in [4.78, 5) is 34.9. The highest BCUT2D eigenvalue weighted by molar-refractivity contribution is 7.91. The Morgan fingerprint density at radius 1 is 1.19 bits per heavy atom. The lowest BCUT2D eigenvalue weighted by atomic mass is 10.00. The number of imidazole rings is 1. The number of rotatable bonds is 7. The van der Waals surface area contributed by atoms with Crippen LogP contribution in [0, 0.1) is 20.8 Å². The van der Waals surface area contributed by atoms with Gasteiger partial charge in [-0.25, -0.2) is 32.9 Å². The fourth-order valence-electron chi connectivity index (χ4n) is 4.41. The normalized spacial score (nSPS) is 15.7. The summed E-state index contributed by atoms with van der Waals surface area (Å²) in [5.74, 6) is 0.0835. The van der Waals surface area contributed by atoms with Crippen molar-refractivity contribution in [3.8, 4) is 5.75 Å². The summed E-state index contributed by atoms with van der Waals surface area (Å²) >= 11 is 3.09. The second kappa shape index (κ2) is 9.61. The van der Waals surface area contributed by atoms with Gasteiger partial charge >= 0.3 is 0 Å². The van der Waals surface area contributed by atoms with Crippen LogP contribution in [0.3, 0.4) is 0 Å². The van der Waals surface area contributed by atoms with E-state index in [9.17, 15) is 13.2 Å². The van der Waals surface area contributed by atoms with Crippen molar-refractivity contribution in [3.05, 3.63) is 43.9 Å². The molecule has 4 aromatic rings. The summed E-state index contributed by atoms with van der Waals surface area (Å²) < 4.78 is 33.0. The number of thiazole rings is 1. The van der Waals surface area contributed by atoms with E-state index in [-0.39, 0.29) is 24.5 Å². The molecule has 5 heterocycles. The van der Waals surface area contributed by atoms with Gasteiger partial charge in [0.15, 0.2) is 12.4 Å². The number of aromatic nitrogens is 6. The number of carbonyl (C=O) groups excluding carboxylic acids is 1. The van der Waals surface area contributed by atoms with Gasteiger partial charge in [0.25, 0.3) is 5.91 Å². The van der Waals surface area contributed by atoms with E-state index in [1.807, 2.05) is 32.2 Å². The van der Waals surface area contributed by atoms with E-state index in [1.165, 1.54) is 17.5 Å². The Labute approximate surface area is 221 Å². The van der Waals surface area contributed by atoms with Crippen LogP contribution in [0.5, 0.6) is 5.75 Å². The van der Waals surface area contributed by atoms with Crippen LogP contribution in [0.25, 0.3) is 4.96 Å². The SMILES string of the molecule is CCc1nc(NS(C)(=O)=O)ncc1OCC(=O)N1CCc2nc3sc(C)nn3c2C1c1sc(C)nc1C. The number of nitrogens with one attached hydrogen (secondary N) is 1. The summed E-state index contributed by atoms with van der Waals surface area (Å²) in [5, 5.41) is 6.48. The molecule has 1 atom stereocenters.